The molecule has 0 aliphatic carbocycles. The summed E-state index contributed by atoms with van der Waals surface area (Å²) in [5, 5.41) is 21.7. The predicted molar refractivity (Wildman–Crippen MR) is 66.6 cm³/mol. The van der Waals surface area contributed by atoms with E-state index in [0.717, 1.165) is 0 Å². The summed E-state index contributed by atoms with van der Waals surface area (Å²) in [4.78, 5) is 36.6. The minimum absolute atomic E-state index is 0.308. The zero-order chi connectivity index (χ0) is 15.1. The van der Waals surface area contributed by atoms with Crippen molar-refractivity contribution in [2.75, 3.05) is 12.4 Å². The van der Waals surface area contributed by atoms with E-state index in [4.69, 9.17) is 14.9 Å². The molecular formula is C11H13N3O6. The van der Waals surface area contributed by atoms with E-state index < -0.39 is 30.4 Å². The summed E-state index contributed by atoms with van der Waals surface area (Å²) in [6, 6.07) is 0.643. The van der Waals surface area contributed by atoms with E-state index in [1.54, 1.807) is 0 Å². The minimum Gasteiger partial charge on any atom is -0.481 e. The number of amides is 2. The lowest BCUT2D eigenvalue weighted by molar-refractivity contribution is -0.145. The van der Waals surface area contributed by atoms with Crippen molar-refractivity contribution in [3.63, 3.8) is 0 Å². The quantitative estimate of drug-likeness (QED) is 0.582. The van der Waals surface area contributed by atoms with Crippen molar-refractivity contribution in [3.05, 3.63) is 18.3 Å². The molecule has 1 heterocycles. The van der Waals surface area contributed by atoms with Gasteiger partial charge in [-0.1, -0.05) is 0 Å². The number of ether oxygens (including phenoxy) is 1. The molecule has 1 aromatic heterocycles. The number of anilines is 1. The fourth-order valence-corrected chi connectivity index (χ4v) is 1.28. The van der Waals surface area contributed by atoms with Crippen molar-refractivity contribution in [1.82, 2.24) is 10.3 Å². The summed E-state index contributed by atoms with van der Waals surface area (Å²) in [5.74, 6) is -2.41. The standard InChI is InChI=1S/C11H13N3O6/c1-20-8-3-2-6(5-12-8)13-11(19)14-7(10(17)18)4-9(15)16/h2-3,5,7H,4H2,1H3,(H,15,16)(H,17,18)(H2,13,14,19). The Bertz CT molecular complexity index is 501. The number of carboxylic acid groups (broad SMARTS) is 2. The van der Waals surface area contributed by atoms with Crippen LogP contribution in [0.4, 0.5) is 10.5 Å². The molecule has 9 nitrogen and oxygen atoms in total. The minimum atomic E-state index is -1.52. The van der Waals surface area contributed by atoms with Crippen LogP contribution >= 0.6 is 0 Å². The molecule has 0 aliphatic rings. The number of carbonyl (C=O) groups is 3. The van der Waals surface area contributed by atoms with E-state index in [1.807, 2.05) is 5.32 Å². The second-order valence-electron chi connectivity index (χ2n) is 3.68. The Hall–Kier alpha value is -2.84. The van der Waals surface area contributed by atoms with Crippen molar-refractivity contribution < 1.29 is 29.3 Å². The van der Waals surface area contributed by atoms with Gasteiger partial charge in [0.25, 0.3) is 0 Å². The second kappa shape index (κ2) is 6.92. The molecule has 20 heavy (non-hydrogen) atoms. The third-order valence-electron chi connectivity index (χ3n) is 2.19. The monoisotopic (exact) mass is 283 g/mol. The number of methoxy groups -OCH3 is 1. The summed E-state index contributed by atoms with van der Waals surface area (Å²) in [7, 11) is 1.44. The molecular weight excluding hydrogens is 270 g/mol. The number of nitrogens with zero attached hydrogens (tertiary/aromatic N) is 1. The molecule has 0 spiro atoms. The maximum Gasteiger partial charge on any atom is 0.326 e. The van der Waals surface area contributed by atoms with E-state index in [1.165, 1.54) is 25.4 Å². The molecule has 0 bridgehead atoms. The Morgan fingerprint density at radius 2 is 2.05 bits per heavy atom. The number of aromatic nitrogens is 1. The van der Waals surface area contributed by atoms with Crippen LogP contribution in [-0.2, 0) is 9.59 Å². The van der Waals surface area contributed by atoms with Crippen LogP contribution in [-0.4, -0.2) is 46.3 Å². The molecule has 2 amide bonds. The fourth-order valence-electron chi connectivity index (χ4n) is 1.28. The van der Waals surface area contributed by atoms with Crippen LogP contribution in [0.15, 0.2) is 18.3 Å². The van der Waals surface area contributed by atoms with E-state index in [9.17, 15) is 14.4 Å². The first-order chi connectivity index (χ1) is 9.42. The largest absolute Gasteiger partial charge is 0.481 e. The lowest BCUT2D eigenvalue weighted by atomic mass is 10.2. The van der Waals surface area contributed by atoms with E-state index in [2.05, 4.69) is 10.3 Å². The molecule has 1 rings (SSSR count). The highest BCUT2D eigenvalue weighted by Crippen LogP contribution is 2.10. The highest BCUT2D eigenvalue weighted by molar-refractivity contribution is 5.93. The number of aliphatic carboxylic acids is 2. The summed E-state index contributed by atoms with van der Waals surface area (Å²) in [6.45, 7) is 0. The number of rotatable bonds is 6. The van der Waals surface area contributed by atoms with E-state index >= 15 is 0 Å². The maximum absolute atomic E-state index is 11.5. The topological polar surface area (TPSA) is 138 Å². The van der Waals surface area contributed by atoms with Crippen LogP contribution < -0.4 is 15.4 Å². The first kappa shape index (κ1) is 15.2. The zero-order valence-electron chi connectivity index (χ0n) is 10.5. The van der Waals surface area contributed by atoms with Crippen molar-refractivity contribution >= 4 is 23.7 Å². The van der Waals surface area contributed by atoms with E-state index in [0.29, 0.717) is 11.6 Å². The van der Waals surface area contributed by atoms with Crippen LogP contribution in [0.5, 0.6) is 5.88 Å². The highest BCUT2D eigenvalue weighted by atomic mass is 16.5. The van der Waals surface area contributed by atoms with E-state index in [-0.39, 0.29) is 0 Å². The van der Waals surface area contributed by atoms with Gasteiger partial charge in [-0.15, -0.1) is 0 Å². The number of nitrogens with one attached hydrogen (secondary N) is 2. The van der Waals surface area contributed by atoms with Gasteiger partial charge in [-0.05, 0) is 6.07 Å². The van der Waals surface area contributed by atoms with Gasteiger partial charge in [-0.2, -0.15) is 0 Å². The number of urea groups is 1. The molecule has 1 atom stereocenters. The van der Waals surface area contributed by atoms with Crippen LogP contribution in [0.2, 0.25) is 0 Å². The van der Waals surface area contributed by atoms with Gasteiger partial charge in [0.1, 0.15) is 6.04 Å². The SMILES string of the molecule is COc1ccc(NC(=O)NC(CC(=O)O)C(=O)O)cn1. The van der Waals surface area contributed by atoms with Crippen molar-refractivity contribution in [2.45, 2.75) is 12.5 Å². The van der Waals surface area contributed by atoms with Crippen molar-refractivity contribution in [1.29, 1.82) is 0 Å². The van der Waals surface area contributed by atoms with Gasteiger partial charge < -0.3 is 25.6 Å². The molecule has 108 valence electrons. The van der Waals surface area contributed by atoms with Crippen molar-refractivity contribution in [3.8, 4) is 5.88 Å². The van der Waals surface area contributed by atoms with Gasteiger partial charge in [-0.3, -0.25) is 4.79 Å². The first-order valence-corrected chi connectivity index (χ1v) is 5.44. The fraction of sp³-hybridized carbons (Fsp3) is 0.273. The van der Waals surface area contributed by atoms with Gasteiger partial charge in [0, 0.05) is 6.07 Å². The Morgan fingerprint density at radius 3 is 2.50 bits per heavy atom. The summed E-state index contributed by atoms with van der Waals surface area (Å²) in [6.07, 6.45) is 0.592. The molecule has 4 N–H and O–H groups in total. The molecule has 9 heteroatoms. The third kappa shape index (κ3) is 4.80. The Kier molecular flexibility index (Phi) is 5.27. The molecule has 0 aliphatic heterocycles. The second-order valence-corrected chi connectivity index (χ2v) is 3.68. The molecule has 1 aromatic rings. The predicted octanol–water partition coefficient (Wildman–Crippen LogP) is 0.140. The smallest absolute Gasteiger partial charge is 0.326 e. The summed E-state index contributed by atoms with van der Waals surface area (Å²) < 4.78 is 4.83. The van der Waals surface area contributed by atoms with Gasteiger partial charge in [0.05, 0.1) is 25.4 Å². The Labute approximate surface area is 113 Å². The van der Waals surface area contributed by atoms with Gasteiger partial charge in [0.2, 0.25) is 5.88 Å². The summed E-state index contributed by atoms with van der Waals surface area (Å²) in [5.41, 5.74) is 0.308. The molecule has 0 radical (unpaired) electrons. The molecule has 0 saturated heterocycles. The van der Waals surface area contributed by atoms with Crippen LogP contribution in [0.25, 0.3) is 0 Å². The number of hydrogen-bond acceptors (Lipinski definition) is 5. The number of carbonyl (C=O) groups excluding carboxylic acids is 1. The van der Waals surface area contributed by atoms with Gasteiger partial charge >= 0.3 is 18.0 Å². The number of carboxylic acids is 2. The molecule has 1 unspecified atom stereocenters. The lowest BCUT2D eigenvalue weighted by Crippen LogP contribution is -2.44. The summed E-state index contributed by atoms with van der Waals surface area (Å²) >= 11 is 0. The van der Waals surface area contributed by atoms with Crippen molar-refractivity contribution in [2.24, 2.45) is 0 Å². The van der Waals surface area contributed by atoms with Crippen LogP contribution in [0, 0.1) is 0 Å². The van der Waals surface area contributed by atoms with Crippen LogP contribution in [0.1, 0.15) is 6.42 Å². The average Bonchev–Trinajstić information content (AvgIpc) is 2.38. The zero-order valence-corrected chi connectivity index (χ0v) is 10.5. The Morgan fingerprint density at radius 1 is 1.35 bits per heavy atom. The molecule has 0 saturated carbocycles. The maximum atomic E-state index is 11.5. The normalized spacial score (nSPS) is 11.2. The average molecular weight is 283 g/mol. The Balaban J connectivity index is 2.60. The number of pyridine rings is 1. The lowest BCUT2D eigenvalue weighted by Gasteiger charge is -2.13. The third-order valence-corrected chi connectivity index (χ3v) is 2.19. The molecule has 0 aromatic carbocycles. The first-order valence-electron chi connectivity index (χ1n) is 5.44. The highest BCUT2D eigenvalue weighted by Gasteiger charge is 2.22. The molecule has 0 fully saturated rings. The van der Waals surface area contributed by atoms with Crippen LogP contribution in [0.3, 0.4) is 0 Å². The van der Waals surface area contributed by atoms with Gasteiger partial charge in [0.15, 0.2) is 0 Å². The van der Waals surface area contributed by atoms with Gasteiger partial charge in [-0.25, -0.2) is 14.6 Å². The number of hydrogen-bond donors (Lipinski definition) is 4.